The quantitative estimate of drug-likeness (QED) is 0.695. The normalized spacial score (nSPS) is 18.7. The van der Waals surface area contributed by atoms with Crippen molar-refractivity contribution in [2.75, 3.05) is 66.0 Å². The van der Waals surface area contributed by atoms with Crippen molar-refractivity contribution >= 4 is 39.8 Å². The second kappa shape index (κ2) is 7.77. The van der Waals surface area contributed by atoms with E-state index in [2.05, 4.69) is 35.1 Å². The molecule has 0 aromatic carbocycles. The molecule has 2 aliphatic rings. The summed E-state index contributed by atoms with van der Waals surface area (Å²) in [5.74, 6) is 3.31. The Labute approximate surface area is 155 Å². The summed E-state index contributed by atoms with van der Waals surface area (Å²) in [6.45, 7) is 3.68. The number of aromatic nitrogens is 4. The first-order chi connectivity index (χ1) is 12.8. The topological polar surface area (TPSA) is 113 Å². The molecule has 0 bridgehead atoms. The molecule has 0 spiro atoms. The molecule has 0 saturated carbocycles. The summed E-state index contributed by atoms with van der Waals surface area (Å²) in [5.41, 5.74) is 1.45. The van der Waals surface area contributed by atoms with Crippen molar-refractivity contribution in [3.05, 3.63) is 6.33 Å². The van der Waals surface area contributed by atoms with E-state index in [1.165, 1.54) is 0 Å². The molecule has 2 aliphatic heterocycles. The third-order valence-corrected chi connectivity index (χ3v) is 6.00. The number of aliphatic hydroxyl groups excluding tert-OH is 1. The van der Waals surface area contributed by atoms with Crippen LogP contribution >= 0.6 is 0 Å². The molecule has 10 heteroatoms. The van der Waals surface area contributed by atoms with Gasteiger partial charge in [0.15, 0.2) is 11.6 Å². The minimum absolute atomic E-state index is 0.00367. The van der Waals surface area contributed by atoms with Crippen LogP contribution in [0.3, 0.4) is 0 Å². The maximum atomic E-state index is 11.7. The van der Waals surface area contributed by atoms with Crippen molar-refractivity contribution < 1.29 is 9.66 Å². The first-order valence-electron chi connectivity index (χ1n) is 8.98. The van der Waals surface area contributed by atoms with Gasteiger partial charge in [0.1, 0.15) is 28.9 Å². The number of fused-ring (bicyclic) bond motifs is 1. The predicted octanol–water partition coefficient (Wildman–Crippen LogP) is -0.00710. The molecule has 4 rings (SSSR count). The van der Waals surface area contributed by atoms with E-state index in [4.69, 9.17) is 5.11 Å². The van der Waals surface area contributed by atoms with E-state index in [1.54, 1.807) is 6.33 Å². The molecule has 2 saturated heterocycles. The molecule has 4 heterocycles. The predicted molar refractivity (Wildman–Crippen MR) is 102 cm³/mol. The van der Waals surface area contributed by atoms with Gasteiger partial charge >= 0.3 is 0 Å². The van der Waals surface area contributed by atoms with Gasteiger partial charge < -0.3 is 24.8 Å². The van der Waals surface area contributed by atoms with Gasteiger partial charge in [-0.15, -0.1) is 0 Å². The van der Waals surface area contributed by atoms with Gasteiger partial charge in [-0.05, 0) is 12.8 Å². The Balaban J connectivity index is 1.79. The van der Waals surface area contributed by atoms with Gasteiger partial charge in [0, 0.05) is 19.6 Å². The molecule has 140 valence electrons. The van der Waals surface area contributed by atoms with Crippen LogP contribution in [-0.4, -0.2) is 80.4 Å². The highest BCUT2D eigenvalue weighted by atomic mass is 32.2. The van der Waals surface area contributed by atoms with E-state index in [0.29, 0.717) is 37.1 Å². The highest BCUT2D eigenvalue weighted by Gasteiger charge is 2.26. The van der Waals surface area contributed by atoms with Crippen LogP contribution in [0.15, 0.2) is 6.33 Å². The van der Waals surface area contributed by atoms with Crippen molar-refractivity contribution in [3.63, 3.8) is 0 Å². The van der Waals surface area contributed by atoms with Gasteiger partial charge in [-0.25, -0.2) is 15.0 Å². The van der Waals surface area contributed by atoms with Crippen molar-refractivity contribution in [2.24, 2.45) is 0 Å². The molecule has 0 amide bonds. The Morgan fingerprint density at radius 2 is 1.73 bits per heavy atom. The lowest BCUT2D eigenvalue weighted by molar-refractivity contribution is 0.311. The molecule has 0 atom stereocenters. The number of aliphatic hydroxyl groups is 1. The molecule has 0 aliphatic carbocycles. The van der Waals surface area contributed by atoms with Crippen LogP contribution in [0.4, 0.5) is 17.6 Å². The summed E-state index contributed by atoms with van der Waals surface area (Å²) in [6.07, 6.45) is 3.87. The van der Waals surface area contributed by atoms with E-state index in [-0.39, 0.29) is 6.61 Å². The Kier molecular flexibility index (Phi) is 5.23. The van der Waals surface area contributed by atoms with E-state index < -0.39 is 11.2 Å². The van der Waals surface area contributed by atoms with E-state index in [1.807, 2.05) is 0 Å². The van der Waals surface area contributed by atoms with Crippen LogP contribution in [-0.2, 0) is 11.2 Å². The monoisotopic (exact) mass is 377 g/mol. The van der Waals surface area contributed by atoms with E-state index in [9.17, 15) is 4.55 Å². The molecular formula is C16H23N7O2S. The molecule has 0 radical (unpaired) electrons. The molecule has 2 aromatic heterocycles. The summed E-state index contributed by atoms with van der Waals surface area (Å²) >= 11 is -0.760. The number of hydrogen-bond acceptors (Lipinski definition) is 9. The Bertz CT molecular complexity index is 764. The molecule has 2 aromatic rings. The number of anilines is 3. The fourth-order valence-corrected chi connectivity index (χ4v) is 4.45. The van der Waals surface area contributed by atoms with Crippen molar-refractivity contribution in [1.29, 1.82) is 0 Å². The summed E-state index contributed by atoms with van der Waals surface area (Å²) < 4.78 is 11.7. The Hall–Kier alpha value is -1.91. The number of hydrogen-bond donors (Lipinski definition) is 2. The minimum Gasteiger partial charge on any atom is -0.616 e. The molecular weight excluding hydrogens is 354 g/mol. The zero-order valence-corrected chi connectivity index (χ0v) is 15.4. The van der Waals surface area contributed by atoms with E-state index >= 15 is 0 Å². The summed E-state index contributed by atoms with van der Waals surface area (Å²) in [4.78, 5) is 22.6. The molecule has 2 fully saturated rings. The standard InChI is InChI=1S/C16H23N7O2S/c24-8-3-17-16-20-13-12(15(21-16)23-6-9-26(25)10-7-23)18-11-19-14(13)22-4-1-2-5-22/h11,24H,1-10H2,(H,17,20,21). The van der Waals surface area contributed by atoms with Crippen molar-refractivity contribution in [3.8, 4) is 0 Å². The van der Waals surface area contributed by atoms with Gasteiger partial charge in [-0.3, -0.25) is 0 Å². The van der Waals surface area contributed by atoms with Crippen molar-refractivity contribution in [1.82, 2.24) is 19.9 Å². The average molecular weight is 377 g/mol. The molecule has 26 heavy (non-hydrogen) atoms. The van der Waals surface area contributed by atoms with Gasteiger partial charge in [0.05, 0.1) is 19.7 Å². The first-order valence-corrected chi connectivity index (χ1v) is 10.5. The summed E-state index contributed by atoms with van der Waals surface area (Å²) in [5, 5.41) is 12.2. The smallest absolute Gasteiger partial charge is 0.225 e. The van der Waals surface area contributed by atoms with Crippen LogP contribution in [0.5, 0.6) is 0 Å². The van der Waals surface area contributed by atoms with Gasteiger partial charge in [0.25, 0.3) is 0 Å². The second-order valence-corrected chi connectivity index (χ2v) is 8.14. The third-order valence-electron chi connectivity index (χ3n) is 4.72. The zero-order chi connectivity index (χ0) is 17.9. The summed E-state index contributed by atoms with van der Waals surface area (Å²) in [6, 6.07) is 0. The minimum atomic E-state index is -0.760. The number of nitrogens with zero attached hydrogens (tertiary/aromatic N) is 6. The Morgan fingerprint density at radius 3 is 2.46 bits per heavy atom. The summed E-state index contributed by atoms with van der Waals surface area (Å²) in [7, 11) is 0. The Morgan fingerprint density at radius 1 is 1.00 bits per heavy atom. The molecule has 2 N–H and O–H groups in total. The van der Waals surface area contributed by atoms with Gasteiger partial charge in [-0.2, -0.15) is 4.98 Å². The largest absolute Gasteiger partial charge is 0.616 e. The van der Waals surface area contributed by atoms with Gasteiger partial charge in [0.2, 0.25) is 5.95 Å². The highest BCUT2D eigenvalue weighted by molar-refractivity contribution is 7.91. The van der Waals surface area contributed by atoms with Gasteiger partial charge in [-0.1, -0.05) is 11.2 Å². The third kappa shape index (κ3) is 3.49. The zero-order valence-electron chi connectivity index (χ0n) is 14.6. The maximum Gasteiger partial charge on any atom is 0.225 e. The molecule has 0 unspecified atom stereocenters. The van der Waals surface area contributed by atoms with Crippen LogP contribution in [0.25, 0.3) is 11.0 Å². The SMILES string of the molecule is [O-][S+]1CCN(c2nc(NCCO)nc3c(N4CCCC4)ncnc23)CC1. The number of rotatable bonds is 5. The lowest BCUT2D eigenvalue weighted by Gasteiger charge is -2.30. The van der Waals surface area contributed by atoms with Crippen LogP contribution in [0.1, 0.15) is 12.8 Å². The fourth-order valence-electron chi connectivity index (χ4n) is 3.40. The lowest BCUT2D eigenvalue weighted by atomic mass is 10.3. The average Bonchev–Trinajstić information content (AvgIpc) is 3.20. The van der Waals surface area contributed by atoms with E-state index in [0.717, 1.165) is 48.6 Å². The first kappa shape index (κ1) is 17.5. The second-order valence-electron chi connectivity index (χ2n) is 6.44. The maximum absolute atomic E-state index is 11.7. The van der Waals surface area contributed by atoms with Crippen molar-refractivity contribution in [2.45, 2.75) is 12.8 Å². The van der Waals surface area contributed by atoms with Crippen LogP contribution < -0.4 is 15.1 Å². The van der Waals surface area contributed by atoms with Crippen LogP contribution in [0.2, 0.25) is 0 Å². The lowest BCUT2D eigenvalue weighted by Crippen LogP contribution is -2.41. The number of nitrogens with one attached hydrogen (secondary N) is 1. The fraction of sp³-hybridized carbons (Fsp3) is 0.625. The highest BCUT2D eigenvalue weighted by Crippen LogP contribution is 2.31. The molecule has 9 nitrogen and oxygen atoms in total. The van der Waals surface area contributed by atoms with Crippen LogP contribution in [0, 0.1) is 0 Å².